The van der Waals surface area contributed by atoms with Crippen molar-refractivity contribution in [3.8, 4) is 0 Å². The van der Waals surface area contributed by atoms with Gasteiger partial charge in [-0.1, -0.05) is 18.2 Å². The SMILES string of the molecule is Cc1c(CN(C)C(=O)/C(=C\c2cnc3c(c2)CCC(=O)N3)OS(C)(=O)=O)oc2ccccc12. The van der Waals surface area contributed by atoms with Crippen LogP contribution in [-0.2, 0) is 36.9 Å². The van der Waals surface area contributed by atoms with Crippen LogP contribution in [0, 0.1) is 6.92 Å². The maximum Gasteiger partial charge on any atom is 0.306 e. The average Bonchev–Trinajstić information content (AvgIpc) is 3.07. The number of nitrogens with zero attached hydrogens (tertiary/aromatic N) is 2. The summed E-state index contributed by atoms with van der Waals surface area (Å²) in [7, 11) is -2.43. The number of hydrogen-bond donors (Lipinski definition) is 1. The minimum Gasteiger partial charge on any atom is -0.459 e. The zero-order chi connectivity index (χ0) is 23.8. The van der Waals surface area contributed by atoms with Gasteiger partial charge in [-0.05, 0) is 42.7 Å². The topological polar surface area (TPSA) is 119 Å². The van der Waals surface area contributed by atoms with Crippen molar-refractivity contribution in [1.29, 1.82) is 0 Å². The van der Waals surface area contributed by atoms with Crippen molar-refractivity contribution in [2.24, 2.45) is 0 Å². The van der Waals surface area contributed by atoms with E-state index in [1.165, 1.54) is 24.2 Å². The number of carbonyl (C=O) groups is 2. The first-order valence-corrected chi connectivity index (χ1v) is 12.0. The van der Waals surface area contributed by atoms with Gasteiger partial charge in [0.15, 0.2) is 0 Å². The summed E-state index contributed by atoms with van der Waals surface area (Å²) in [4.78, 5) is 30.2. The van der Waals surface area contributed by atoms with Crippen LogP contribution < -0.4 is 5.32 Å². The third-order valence-electron chi connectivity index (χ3n) is 5.29. The van der Waals surface area contributed by atoms with E-state index in [0.29, 0.717) is 35.6 Å². The number of likely N-dealkylation sites (N-methyl/N-ethyl adjacent to an activating group) is 1. The van der Waals surface area contributed by atoms with Crippen molar-refractivity contribution in [3.05, 3.63) is 64.7 Å². The van der Waals surface area contributed by atoms with Crippen LogP contribution in [0.15, 0.2) is 46.7 Å². The maximum atomic E-state index is 13.1. The predicted octanol–water partition coefficient (Wildman–Crippen LogP) is 3.00. The molecule has 0 saturated heterocycles. The number of hydrogen-bond acceptors (Lipinski definition) is 7. The number of amides is 2. The van der Waals surface area contributed by atoms with E-state index in [0.717, 1.165) is 22.8 Å². The zero-order valence-electron chi connectivity index (χ0n) is 18.4. The Morgan fingerprint density at radius 2 is 2.06 bits per heavy atom. The summed E-state index contributed by atoms with van der Waals surface area (Å²) in [5, 5.41) is 3.63. The zero-order valence-corrected chi connectivity index (χ0v) is 19.2. The van der Waals surface area contributed by atoms with E-state index in [9.17, 15) is 18.0 Å². The van der Waals surface area contributed by atoms with Crippen LogP contribution in [0.3, 0.4) is 0 Å². The molecular formula is C23H23N3O6S. The minimum absolute atomic E-state index is 0.114. The molecule has 2 amide bonds. The molecule has 1 aliphatic rings. The second-order valence-electron chi connectivity index (χ2n) is 7.93. The summed E-state index contributed by atoms with van der Waals surface area (Å²) in [5.74, 6) is -0.0616. The Balaban J connectivity index is 1.62. The van der Waals surface area contributed by atoms with E-state index in [1.54, 1.807) is 6.07 Å². The monoisotopic (exact) mass is 469 g/mol. The molecule has 2 aromatic heterocycles. The Hall–Kier alpha value is -3.66. The number of fused-ring (bicyclic) bond motifs is 2. The molecule has 0 unspecified atom stereocenters. The molecule has 9 nitrogen and oxygen atoms in total. The van der Waals surface area contributed by atoms with Crippen molar-refractivity contribution >= 4 is 44.8 Å². The lowest BCUT2D eigenvalue weighted by molar-refractivity contribution is -0.128. The lowest BCUT2D eigenvalue weighted by atomic mass is 10.0. The van der Waals surface area contributed by atoms with Crippen LogP contribution in [0.2, 0.25) is 0 Å². The van der Waals surface area contributed by atoms with Crippen LogP contribution in [0.5, 0.6) is 0 Å². The van der Waals surface area contributed by atoms with E-state index in [1.807, 2.05) is 31.2 Å². The molecule has 0 spiro atoms. The predicted molar refractivity (Wildman–Crippen MR) is 123 cm³/mol. The number of para-hydroxylation sites is 1. The van der Waals surface area contributed by atoms with Crippen molar-refractivity contribution in [1.82, 2.24) is 9.88 Å². The fourth-order valence-electron chi connectivity index (χ4n) is 3.64. The number of nitrogens with one attached hydrogen (secondary N) is 1. The fraction of sp³-hybridized carbons (Fsp3) is 0.261. The summed E-state index contributed by atoms with van der Waals surface area (Å²) in [5.41, 5.74) is 2.88. The molecule has 3 aromatic rings. The Morgan fingerprint density at radius 3 is 2.79 bits per heavy atom. The normalized spacial score (nSPS) is 14.0. The first-order chi connectivity index (χ1) is 15.6. The second-order valence-corrected chi connectivity index (χ2v) is 9.50. The van der Waals surface area contributed by atoms with Crippen LogP contribution in [0.25, 0.3) is 17.0 Å². The summed E-state index contributed by atoms with van der Waals surface area (Å²) in [6.07, 6.45) is 4.46. The first kappa shape index (κ1) is 22.5. The molecule has 172 valence electrons. The smallest absolute Gasteiger partial charge is 0.306 e. The van der Waals surface area contributed by atoms with Gasteiger partial charge in [0.05, 0.1) is 12.8 Å². The van der Waals surface area contributed by atoms with Gasteiger partial charge in [0, 0.05) is 30.6 Å². The molecule has 33 heavy (non-hydrogen) atoms. The molecule has 0 fully saturated rings. The van der Waals surface area contributed by atoms with Gasteiger partial charge in [0.25, 0.3) is 5.91 Å². The molecule has 10 heteroatoms. The molecule has 1 aliphatic heterocycles. The first-order valence-electron chi connectivity index (χ1n) is 10.2. The average molecular weight is 470 g/mol. The lowest BCUT2D eigenvalue weighted by Crippen LogP contribution is -2.29. The van der Waals surface area contributed by atoms with Crippen LogP contribution in [0.1, 0.15) is 28.9 Å². The molecular weight excluding hydrogens is 446 g/mol. The summed E-state index contributed by atoms with van der Waals surface area (Å²) in [6.45, 7) is 2.03. The third-order valence-corrected chi connectivity index (χ3v) is 5.77. The molecule has 4 rings (SSSR count). The van der Waals surface area contributed by atoms with Crippen molar-refractivity contribution in [2.45, 2.75) is 26.3 Å². The highest BCUT2D eigenvalue weighted by atomic mass is 32.2. The van der Waals surface area contributed by atoms with E-state index in [-0.39, 0.29) is 18.2 Å². The van der Waals surface area contributed by atoms with Gasteiger partial charge in [-0.25, -0.2) is 4.98 Å². The maximum absolute atomic E-state index is 13.1. The van der Waals surface area contributed by atoms with Gasteiger partial charge in [-0.2, -0.15) is 8.42 Å². The van der Waals surface area contributed by atoms with E-state index < -0.39 is 16.0 Å². The van der Waals surface area contributed by atoms with Crippen LogP contribution in [0.4, 0.5) is 5.82 Å². The van der Waals surface area contributed by atoms with Crippen LogP contribution in [-0.4, -0.2) is 43.4 Å². The number of aromatic nitrogens is 1. The molecule has 0 saturated carbocycles. The number of pyridine rings is 1. The summed E-state index contributed by atoms with van der Waals surface area (Å²) >= 11 is 0. The summed E-state index contributed by atoms with van der Waals surface area (Å²) < 4.78 is 34.6. The molecule has 0 bridgehead atoms. The Kier molecular flexibility index (Phi) is 5.94. The fourth-order valence-corrected chi connectivity index (χ4v) is 4.09. The Labute approximate surface area is 191 Å². The van der Waals surface area contributed by atoms with Gasteiger partial charge >= 0.3 is 10.1 Å². The number of carbonyl (C=O) groups excluding carboxylic acids is 2. The summed E-state index contributed by atoms with van der Waals surface area (Å²) in [6, 6.07) is 9.29. The van der Waals surface area contributed by atoms with Gasteiger partial charge < -0.3 is 18.8 Å². The molecule has 3 heterocycles. The van der Waals surface area contributed by atoms with Crippen molar-refractivity contribution < 1.29 is 26.6 Å². The Bertz CT molecular complexity index is 1390. The molecule has 0 atom stereocenters. The third kappa shape index (κ3) is 5.06. The van der Waals surface area contributed by atoms with Crippen molar-refractivity contribution in [2.75, 3.05) is 18.6 Å². The minimum atomic E-state index is -3.96. The molecule has 1 aromatic carbocycles. The highest BCUT2D eigenvalue weighted by Crippen LogP contribution is 2.27. The largest absolute Gasteiger partial charge is 0.459 e. The molecule has 0 radical (unpaired) electrons. The number of anilines is 1. The standard InChI is InChI=1S/C23H23N3O6S/c1-14-17-6-4-5-7-18(17)31-20(14)13-26(2)23(28)19(32-33(3,29)30)11-15-10-16-8-9-21(27)25-22(16)24-12-15/h4-7,10-12H,8-9,13H2,1-3H3,(H,24,25,27)/b19-11+. The van der Waals surface area contributed by atoms with E-state index in [4.69, 9.17) is 8.60 Å². The Morgan fingerprint density at radius 1 is 1.30 bits per heavy atom. The van der Waals surface area contributed by atoms with Gasteiger partial charge in [-0.3, -0.25) is 9.59 Å². The van der Waals surface area contributed by atoms with E-state index in [2.05, 4.69) is 10.3 Å². The van der Waals surface area contributed by atoms with Gasteiger partial charge in [0.1, 0.15) is 17.2 Å². The molecule has 1 N–H and O–H groups in total. The number of rotatable bonds is 6. The number of aryl methyl sites for hydroxylation is 2. The quantitative estimate of drug-likeness (QED) is 0.335. The number of furan rings is 1. The lowest BCUT2D eigenvalue weighted by Gasteiger charge is -2.18. The number of benzene rings is 1. The molecule has 0 aliphatic carbocycles. The van der Waals surface area contributed by atoms with Gasteiger partial charge in [0.2, 0.25) is 11.7 Å². The highest BCUT2D eigenvalue weighted by molar-refractivity contribution is 7.86. The van der Waals surface area contributed by atoms with Crippen LogP contribution >= 0.6 is 0 Å². The highest BCUT2D eigenvalue weighted by Gasteiger charge is 2.24. The second kappa shape index (κ2) is 8.70. The van der Waals surface area contributed by atoms with Gasteiger partial charge in [-0.15, -0.1) is 0 Å². The van der Waals surface area contributed by atoms with Crippen molar-refractivity contribution in [3.63, 3.8) is 0 Å². The van der Waals surface area contributed by atoms with E-state index >= 15 is 0 Å².